The van der Waals surface area contributed by atoms with E-state index >= 15 is 0 Å². The smallest absolute Gasteiger partial charge is 0.232 e. The van der Waals surface area contributed by atoms with Crippen molar-refractivity contribution in [2.24, 2.45) is 0 Å². The van der Waals surface area contributed by atoms with Crippen molar-refractivity contribution in [1.29, 1.82) is 0 Å². The maximum absolute atomic E-state index is 5.74. The second kappa shape index (κ2) is 7.71. The van der Waals surface area contributed by atoms with Gasteiger partial charge in [-0.15, -0.1) is 10.2 Å². The first-order chi connectivity index (χ1) is 12.8. The Morgan fingerprint density at radius 2 is 1.88 bits per heavy atom. The van der Waals surface area contributed by atoms with Gasteiger partial charge < -0.3 is 15.4 Å². The van der Waals surface area contributed by atoms with Crippen LogP contribution in [0.3, 0.4) is 0 Å². The number of thioether (sulfide) groups is 1. The van der Waals surface area contributed by atoms with E-state index in [4.69, 9.17) is 10.5 Å². The van der Waals surface area contributed by atoms with Crippen molar-refractivity contribution in [3.05, 3.63) is 48.4 Å². The summed E-state index contributed by atoms with van der Waals surface area (Å²) in [5.74, 6) is 2.54. The average Bonchev–Trinajstić information content (AvgIpc) is 3.12. The minimum Gasteiger partial charge on any atom is -0.384 e. The van der Waals surface area contributed by atoms with Gasteiger partial charge in [-0.1, -0.05) is 30.0 Å². The standard InChI is InChI=1S/C17H19N7OS/c18-14-6-7-19-15(20-14)12-26-17-22-21-16(23-8-10-25-11-9-23)24(17)13-4-2-1-3-5-13/h1-7H,8-12H2,(H2,18,19,20). The summed E-state index contributed by atoms with van der Waals surface area (Å²) in [4.78, 5) is 10.7. The monoisotopic (exact) mass is 369 g/mol. The molecule has 4 rings (SSSR count). The first kappa shape index (κ1) is 16.8. The number of morpholine rings is 1. The van der Waals surface area contributed by atoms with Gasteiger partial charge in [-0.25, -0.2) is 9.97 Å². The zero-order valence-electron chi connectivity index (χ0n) is 14.2. The largest absolute Gasteiger partial charge is 0.384 e. The molecule has 3 aromatic rings. The number of nitrogen functional groups attached to an aromatic ring is 1. The molecule has 2 aromatic heterocycles. The molecule has 1 aliphatic rings. The molecule has 134 valence electrons. The van der Waals surface area contributed by atoms with Crippen molar-refractivity contribution >= 4 is 23.5 Å². The van der Waals surface area contributed by atoms with Gasteiger partial charge in [0.2, 0.25) is 5.95 Å². The molecule has 0 radical (unpaired) electrons. The molecular weight excluding hydrogens is 350 g/mol. The van der Waals surface area contributed by atoms with Gasteiger partial charge in [0.25, 0.3) is 0 Å². The van der Waals surface area contributed by atoms with Crippen molar-refractivity contribution in [3.63, 3.8) is 0 Å². The highest BCUT2D eigenvalue weighted by Crippen LogP contribution is 2.28. The summed E-state index contributed by atoms with van der Waals surface area (Å²) >= 11 is 1.54. The lowest BCUT2D eigenvalue weighted by Gasteiger charge is -2.27. The van der Waals surface area contributed by atoms with E-state index in [0.717, 1.165) is 29.9 Å². The fraction of sp³-hybridized carbons (Fsp3) is 0.294. The Balaban J connectivity index is 1.64. The lowest BCUT2D eigenvalue weighted by molar-refractivity contribution is 0.122. The van der Waals surface area contributed by atoms with E-state index in [-0.39, 0.29) is 0 Å². The molecule has 0 saturated carbocycles. The first-order valence-corrected chi connectivity index (χ1v) is 9.33. The molecule has 1 aromatic carbocycles. The summed E-state index contributed by atoms with van der Waals surface area (Å²) < 4.78 is 7.53. The second-order valence-electron chi connectivity index (χ2n) is 5.74. The lowest BCUT2D eigenvalue weighted by Crippen LogP contribution is -2.37. The molecule has 1 saturated heterocycles. The topological polar surface area (TPSA) is 95.0 Å². The third-order valence-corrected chi connectivity index (χ3v) is 4.91. The number of rotatable bonds is 5. The van der Waals surface area contributed by atoms with E-state index in [0.29, 0.717) is 30.6 Å². The van der Waals surface area contributed by atoms with Gasteiger partial charge in [-0.2, -0.15) is 0 Å². The summed E-state index contributed by atoms with van der Waals surface area (Å²) in [5.41, 5.74) is 6.76. The average molecular weight is 369 g/mol. The Morgan fingerprint density at radius 3 is 2.65 bits per heavy atom. The normalized spacial score (nSPS) is 14.5. The van der Waals surface area contributed by atoms with Gasteiger partial charge in [-0.05, 0) is 18.2 Å². The number of hydrogen-bond donors (Lipinski definition) is 1. The Bertz CT molecular complexity index is 865. The molecule has 2 N–H and O–H groups in total. The zero-order valence-corrected chi connectivity index (χ0v) is 15.0. The molecule has 0 bridgehead atoms. The van der Waals surface area contributed by atoms with Gasteiger partial charge in [-0.3, -0.25) is 4.57 Å². The van der Waals surface area contributed by atoms with Crippen LogP contribution in [0.2, 0.25) is 0 Å². The third kappa shape index (κ3) is 3.63. The Hall–Kier alpha value is -2.65. The zero-order chi connectivity index (χ0) is 17.8. The third-order valence-electron chi connectivity index (χ3n) is 3.98. The van der Waals surface area contributed by atoms with Gasteiger partial charge in [0.15, 0.2) is 5.16 Å². The number of nitrogens with two attached hydrogens (primary N) is 1. The van der Waals surface area contributed by atoms with E-state index in [1.807, 2.05) is 30.3 Å². The van der Waals surface area contributed by atoms with Gasteiger partial charge in [0.1, 0.15) is 11.6 Å². The van der Waals surface area contributed by atoms with Crippen LogP contribution in [0, 0.1) is 0 Å². The Kier molecular flexibility index (Phi) is 4.98. The molecule has 9 heteroatoms. The molecule has 0 spiro atoms. The molecule has 1 fully saturated rings. The molecular formula is C17H19N7OS. The van der Waals surface area contributed by atoms with Crippen LogP contribution in [-0.2, 0) is 10.5 Å². The van der Waals surface area contributed by atoms with Crippen molar-refractivity contribution in [3.8, 4) is 5.69 Å². The number of nitrogens with zero attached hydrogens (tertiary/aromatic N) is 6. The van der Waals surface area contributed by atoms with Crippen LogP contribution in [-0.4, -0.2) is 51.0 Å². The molecule has 0 amide bonds. The number of anilines is 2. The highest BCUT2D eigenvalue weighted by atomic mass is 32.2. The maximum Gasteiger partial charge on any atom is 0.232 e. The van der Waals surface area contributed by atoms with E-state index in [9.17, 15) is 0 Å². The van der Waals surface area contributed by atoms with Crippen molar-refractivity contribution in [2.75, 3.05) is 36.9 Å². The van der Waals surface area contributed by atoms with Crippen molar-refractivity contribution in [1.82, 2.24) is 24.7 Å². The Labute approximate surface area is 155 Å². The van der Waals surface area contributed by atoms with Crippen LogP contribution in [0.15, 0.2) is 47.8 Å². The molecule has 26 heavy (non-hydrogen) atoms. The molecule has 3 heterocycles. The van der Waals surface area contributed by atoms with Crippen LogP contribution in [0.1, 0.15) is 5.82 Å². The second-order valence-corrected chi connectivity index (χ2v) is 6.68. The summed E-state index contributed by atoms with van der Waals surface area (Å²) in [7, 11) is 0. The first-order valence-electron chi connectivity index (χ1n) is 8.35. The van der Waals surface area contributed by atoms with Crippen molar-refractivity contribution in [2.45, 2.75) is 10.9 Å². The molecule has 0 atom stereocenters. The van der Waals surface area contributed by atoms with E-state index in [2.05, 4.69) is 29.6 Å². The quantitative estimate of drug-likeness (QED) is 0.680. The van der Waals surface area contributed by atoms with Gasteiger partial charge in [0.05, 0.1) is 24.7 Å². The SMILES string of the molecule is Nc1ccnc(CSc2nnc(N3CCOCC3)n2-c2ccccc2)n1. The molecule has 1 aliphatic heterocycles. The minimum atomic E-state index is 0.467. The number of para-hydroxylation sites is 1. The predicted molar refractivity (Wildman–Crippen MR) is 100 cm³/mol. The fourth-order valence-corrected chi connectivity index (χ4v) is 3.55. The van der Waals surface area contributed by atoms with Crippen LogP contribution in [0.4, 0.5) is 11.8 Å². The molecule has 0 unspecified atom stereocenters. The van der Waals surface area contributed by atoms with Gasteiger partial charge >= 0.3 is 0 Å². The minimum absolute atomic E-state index is 0.467. The van der Waals surface area contributed by atoms with Crippen LogP contribution >= 0.6 is 11.8 Å². The Morgan fingerprint density at radius 1 is 1.08 bits per heavy atom. The van der Waals surface area contributed by atoms with Crippen LogP contribution < -0.4 is 10.6 Å². The van der Waals surface area contributed by atoms with Crippen LogP contribution in [0.5, 0.6) is 0 Å². The van der Waals surface area contributed by atoms with E-state index in [1.54, 1.807) is 12.3 Å². The highest BCUT2D eigenvalue weighted by molar-refractivity contribution is 7.98. The van der Waals surface area contributed by atoms with E-state index < -0.39 is 0 Å². The number of ether oxygens (including phenoxy) is 1. The van der Waals surface area contributed by atoms with Crippen molar-refractivity contribution < 1.29 is 4.74 Å². The summed E-state index contributed by atoms with van der Waals surface area (Å²) in [6.45, 7) is 2.99. The van der Waals surface area contributed by atoms with E-state index in [1.165, 1.54) is 11.8 Å². The fourth-order valence-electron chi connectivity index (χ4n) is 2.74. The number of hydrogen-bond acceptors (Lipinski definition) is 8. The van der Waals surface area contributed by atoms with Gasteiger partial charge in [0, 0.05) is 19.3 Å². The highest BCUT2D eigenvalue weighted by Gasteiger charge is 2.21. The maximum atomic E-state index is 5.74. The summed E-state index contributed by atoms with van der Waals surface area (Å²) in [5, 5.41) is 9.65. The van der Waals surface area contributed by atoms with Crippen LogP contribution in [0.25, 0.3) is 5.69 Å². The summed E-state index contributed by atoms with van der Waals surface area (Å²) in [6, 6.07) is 11.8. The number of benzene rings is 1. The predicted octanol–water partition coefficient (Wildman–Crippen LogP) is 1.77. The molecule has 8 nitrogen and oxygen atoms in total. The molecule has 0 aliphatic carbocycles. The number of aromatic nitrogens is 5. The summed E-state index contributed by atoms with van der Waals surface area (Å²) in [6.07, 6.45) is 1.67. The lowest BCUT2D eigenvalue weighted by atomic mass is 10.3.